The lowest BCUT2D eigenvalue weighted by Crippen LogP contribution is -2.29. The number of fused-ring (bicyclic) bond motifs is 1. The fourth-order valence-corrected chi connectivity index (χ4v) is 2.94. The van der Waals surface area contributed by atoms with E-state index in [1.807, 2.05) is 6.07 Å². The third-order valence-corrected chi connectivity index (χ3v) is 4.19. The standard InChI is InChI=1S/C13H17ClN4S/c1-2-17(10-3-4-10)5-6-18-12-11(16-13(18)19)7-9(14)8-15-12/h7-8,10H,2-6H2,1H3,(H,16,19). The Labute approximate surface area is 122 Å². The van der Waals surface area contributed by atoms with E-state index in [0.717, 1.165) is 41.6 Å². The summed E-state index contributed by atoms with van der Waals surface area (Å²) in [5.74, 6) is 0. The van der Waals surface area contributed by atoms with Crippen LogP contribution in [-0.4, -0.2) is 38.6 Å². The Morgan fingerprint density at radius 2 is 2.37 bits per heavy atom. The molecule has 2 aromatic heterocycles. The minimum atomic E-state index is 0.629. The molecule has 0 amide bonds. The van der Waals surface area contributed by atoms with Gasteiger partial charge in [0.1, 0.15) is 0 Å². The zero-order chi connectivity index (χ0) is 13.4. The minimum Gasteiger partial charge on any atom is -0.329 e. The smallest absolute Gasteiger partial charge is 0.179 e. The molecule has 0 spiro atoms. The first-order valence-electron chi connectivity index (χ1n) is 6.67. The number of imidazole rings is 1. The van der Waals surface area contributed by atoms with Gasteiger partial charge in [0.2, 0.25) is 0 Å². The van der Waals surface area contributed by atoms with E-state index in [4.69, 9.17) is 23.8 Å². The Balaban J connectivity index is 1.83. The molecule has 0 radical (unpaired) electrons. The second-order valence-electron chi connectivity index (χ2n) is 4.97. The first-order chi connectivity index (χ1) is 9.19. The summed E-state index contributed by atoms with van der Waals surface area (Å²) in [6.45, 7) is 5.20. The average Bonchev–Trinajstić information content (AvgIpc) is 3.16. The Kier molecular flexibility index (Phi) is 3.60. The summed E-state index contributed by atoms with van der Waals surface area (Å²) in [4.78, 5) is 10.1. The molecule has 0 aromatic carbocycles. The number of nitrogens with one attached hydrogen (secondary N) is 1. The molecule has 102 valence electrons. The van der Waals surface area contributed by atoms with Crippen LogP contribution in [0.5, 0.6) is 0 Å². The number of likely N-dealkylation sites (N-methyl/N-ethyl adjacent to an activating group) is 1. The van der Waals surface area contributed by atoms with Gasteiger partial charge in [0, 0.05) is 25.3 Å². The highest BCUT2D eigenvalue weighted by molar-refractivity contribution is 7.71. The van der Waals surface area contributed by atoms with Crippen molar-refractivity contribution >= 4 is 35.0 Å². The number of aromatic amines is 1. The van der Waals surface area contributed by atoms with Crippen LogP contribution in [-0.2, 0) is 6.54 Å². The van der Waals surface area contributed by atoms with Crippen molar-refractivity contribution in [3.8, 4) is 0 Å². The molecule has 1 aliphatic rings. The fourth-order valence-electron chi connectivity index (χ4n) is 2.49. The van der Waals surface area contributed by atoms with Crippen LogP contribution < -0.4 is 0 Å². The summed E-state index contributed by atoms with van der Waals surface area (Å²) in [7, 11) is 0. The summed E-state index contributed by atoms with van der Waals surface area (Å²) < 4.78 is 2.78. The highest BCUT2D eigenvalue weighted by Crippen LogP contribution is 2.26. The Morgan fingerprint density at radius 3 is 3.05 bits per heavy atom. The van der Waals surface area contributed by atoms with Gasteiger partial charge < -0.3 is 9.55 Å². The average molecular weight is 297 g/mol. The summed E-state index contributed by atoms with van der Waals surface area (Å²) in [6.07, 6.45) is 4.34. The molecule has 6 heteroatoms. The highest BCUT2D eigenvalue weighted by atomic mass is 35.5. The number of H-pyrrole nitrogens is 1. The van der Waals surface area contributed by atoms with Gasteiger partial charge in [0.25, 0.3) is 0 Å². The SMILES string of the molecule is CCN(CCn1c(=S)[nH]c2cc(Cl)cnc21)C1CC1. The second kappa shape index (κ2) is 5.23. The van der Waals surface area contributed by atoms with E-state index < -0.39 is 0 Å². The van der Waals surface area contributed by atoms with Crippen molar-refractivity contribution in [2.45, 2.75) is 32.4 Å². The van der Waals surface area contributed by atoms with Crippen molar-refractivity contribution in [3.05, 3.63) is 22.1 Å². The third kappa shape index (κ3) is 2.68. The van der Waals surface area contributed by atoms with Crippen molar-refractivity contribution in [2.24, 2.45) is 0 Å². The van der Waals surface area contributed by atoms with Gasteiger partial charge in [-0.1, -0.05) is 18.5 Å². The van der Waals surface area contributed by atoms with E-state index in [1.54, 1.807) is 6.20 Å². The number of nitrogens with zero attached hydrogens (tertiary/aromatic N) is 3. The number of hydrogen-bond acceptors (Lipinski definition) is 3. The van der Waals surface area contributed by atoms with Crippen molar-refractivity contribution in [3.63, 3.8) is 0 Å². The summed E-state index contributed by atoms with van der Waals surface area (Å²) >= 11 is 11.3. The van der Waals surface area contributed by atoms with E-state index in [-0.39, 0.29) is 0 Å². The molecule has 0 bridgehead atoms. The molecule has 0 unspecified atom stereocenters. The second-order valence-corrected chi connectivity index (χ2v) is 5.79. The van der Waals surface area contributed by atoms with E-state index >= 15 is 0 Å². The first kappa shape index (κ1) is 13.1. The van der Waals surface area contributed by atoms with Crippen molar-refractivity contribution in [1.82, 2.24) is 19.4 Å². The number of pyridine rings is 1. The lowest BCUT2D eigenvalue weighted by atomic mass is 10.4. The third-order valence-electron chi connectivity index (χ3n) is 3.66. The minimum absolute atomic E-state index is 0.629. The Bertz CT molecular complexity index is 644. The van der Waals surface area contributed by atoms with Crippen molar-refractivity contribution < 1.29 is 0 Å². The maximum atomic E-state index is 5.95. The van der Waals surface area contributed by atoms with Crippen LogP contribution >= 0.6 is 23.8 Å². The van der Waals surface area contributed by atoms with Gasteiger partial charge >= 0.3 is 0 Å². The molecule has 3 rings (SSSR count). The molecule has 0 saturated heterocycles. The van der Waals surface area contributed by atoms with Crippen molar-refractivity contribution in [2.75, 3.05) is 13.1 Å². The van der Waals surface area contributed by atoms with E-state index in [2.05, 4.69) is 26.4 Å². The van der Waals surface area contributed by atoms with Crippen LogP contribution in [0.4, 0.5) is 0 Å². The number of halogens is 1. The van der Waals surface area contributed by atoms with Crippen LogP contribution in [0.1, 0.15) is 19.8 Å². The predicted molar refractivity (Wildman–Crippen MR) is 80.2 cm³/mol. The summed E-state index contributed by atoms with van der Waals surface area (Å²) in [5.41, 5.74) is 1.80. The van der Waals surface area contributed by atoms with Gasteiger partial charge in [-0.15, -0.1) is 0 Å². The zero-order valence-corrected chi connectivity index (χ0v) is 12.5. The molecular formula is C13H17ClN4S. The van der Waals surface area contributed by atoms with E-state index in [1.165, 1.54) is 12.8 Å². The quantitative estimate of drug-likeness (QED) is 0.861. The van der Waals surface area contributed by atoms with Gasteiger partial charge in [-0.2, -0.15) is 0 Å². The van der Waals surface area contributed by atoms with Crippen LogP contribution in [0, 0.1) is 4.77 Å². The van der Waals surface area contributed by atoms with Gasteiger partial charge in [0.05, 0.1) is 10.5 Å². The van der Waals surface area contributed by atoms with Gasteiger partial charge in [-0.25, -0.2) is 4.98 Å². The molecule has 0 atom stereocenters. The largest absolute Gasteiger partial charge is 0.329 e. The normalized spacial score (nSPS) is 15.5. The van der Waals surface area contributed by atoms with Crippen LogP contribution in [0.15, 0.2) is 12.3 Å². The molecule has 2 aromatic rings. The Hall–Kier alpha value is -0.910. The van der Waals surface area contributed by atoms with Gasteiger partial charge in [-0.05, 0) is 37.7 Å². The fraction of sp³-hybridized carbons (Fsp3) is 0.538. The number of rotatable bonds is 5. The van der Waals surface area contributed by atoms with Crippen LogP contribution in [0.2, 0.25) is 5.02 Å². The molecule has 1 N–H and O–H groups in total. The maximum Gasteiger partial charge on any atom is 0.179 e. The molecule has 1 fully saturated rings. The van der Waals surface area contributed by atoms with Gasteiger partial charge in [0.15, 0.2) is 10.4 Å². The number of hydrogen-bond donors (Lipinski definition) is 1. The summed E-state index contributed by atoms with van der Waals surface area (Å²) in [5, 5.41) is 0.629. The molecular weight excluding hydrogens is 280 g/mol. The molecule has 2 heterocycles. The van der Waals surface area contributed by atoms with Gasteiger partial charge in [-0.3, -0.25) is 4.90 Å². The number of aromatic nitrogens is 3. The topological polar surface area (TPSA) is 36.9 Å². The molecule has 1 saturated carbocycles. The molecule has 4 nitrogen and oxygen atoms in total. The highest BCUT2D eigenvalue weighted by Gasteiger charge is 2.27. The lowest BCUT2D eigenvalue weighted by molar-refractivity contribution is 0.266. The predicted octanol–water partition coefficient (Wildman–Crippen LogP) is 3.23. The van der Waals surface area contributed by atoms with Crippen molar-refractivity contribution in [1.29, 1.82) is 0 Å². The monoisotopic (exact) mass is 296 g/mol. The molecule has 1 aliphatic carbocycles. The van der Waals surface area contributed by atoms with Crippen LogP contribution in [0.3, 0.4) is 0 Å². The molecule has 19 heavy (non-hydrogen) atoms. The van der Waals surface area contributed by atoms with Crippen LogP contribution in [0.25, 0.3) is 11.2 Å². The lowest BCUT2D eigenvalue weighted by Gasteiger charge is -2.19. The Morgan fingerprint density at radius 1 is 1.58 bits per heavy atom. The summed E-state index contributed by atoms with van der Waals surface area (Å²) in [6, 6.07) is 2.65. The molecule has 0 aliphatic heterocycles. The van der Waals surface area contributed by atoms with E-state index in [9.17, 15) is 0 Å². The zero-order valence-electron chi connectivity index (χ0n) is 10.9. The first-order valence-corrected chi connectivity index (χ1v) is 7.45. The maximum absolute atomic E-state index is 5.95. The van der Waals surface area contributed by atoms with E-state index in [0.29, 0.717) is 5.02 Å².